The lowest BCUT2D eigenvalue weighted by atomic mass is 10.1. The summed E-state index contributed by atoms with van der Waals surface area (Å²) in [6.45, 7) is 5.08. The van der Waals surface area contributed by atoms with Crippen molar-refractivity contribution < 1.29 is 4.79 Å². The second kappa shape index (κ2) is 9.42. The highest BCUT2D eigenvalue weighted by Crippen LogP contribution is 2.20. The van der Waals surface area contributed by atoms with Crippen LogP contribution in [0.4, 0.5) is 5.69 Å². The first-order chi connectivity index (χ1) is 12.7. The van der Waals surface area contributed by atoms with Crippen LogP contribution in [0.2, 0.25) is 0 Å². The van der Waals surface area contributed by atoms with Gasteiger partial charge in [0, 0.05) is 31.7 Å². The first-order valence-corrected chi connectivity index (χ1v) is 9.93. The molecule has 1 aliphatic rings. The third-order valence-corrected chi connectivity index (χ3v) is 5.22. The number of anilines is 1. The van der Waals surface area contributed by atoms with E-state index in [1.165, 1.54) is 36.1 Å². The fourth-order valence-electron chi connectivity index (χ4n) is 3.47. The molecular weight excluding hydrogens is 320 g/mol. The molecule has 3 rings (SSSR count). The Balaban J connectivity index is 1.42. The minimum absolute atomic E-state index is 0.115. The fourth-order valence-corrected chi connectivity index (χ4v) is 3.47. The third-order valence-electron chi connectivity index (χ3n) is 5.22. The number of rotatable bonds is 7. The lowest BCUT2D eigenvalue weighted by Gasteiger charge is -2.28. The molecule has 2 aromatic carbocycles. The Bertz CT molecular complexity index is 685. The SMILES string of the molecule is CCc1ccc(CCC(=O)NCc2ccc(N3CCCCC3)cc2)cc1. The maximum absolute atomic E-state index is 12.1. The van der Waals surface area contributed by atoms with E-state index in [4.69, 9.17) is 0 Å². The topological polar surface area (TPSA) is 32.3 Å². The van der Waals surface area contributed by atoms with Gasteiger partial charge in [-0.1, -0.05) is 43.3 Å². The Morgan fingerprint density at radius 2 is 1.50 bits per heavy atom. The highest BCUT2D eigenvalue weighted by molar-refractivity contribution is 5.76. The van der Waals surface area contributed by atoms with Gasteiger partial charge in [-0.15, -0.1) is 0 Å². The number of carbonyl (C=O) groups is 1. The summed E-state index contributed by atoms with van der Waals surface area (Å²) in [5.41, 5.74) is 5.02. The molecule has 1 fully saturated rings. The monoisotopic (exact) mass is 350 g/mol. The third kappa shape index (κ3) is 5.35. The zero-order chi connectivity index (χ0) is 18.2. The summed E-state index contributed by atoms with van der Waals surface area (Å²) in [6.07, 6.45) is 6.32. The van der Waals surface area contributed by atoms with E-state index in [0.717, 1.165) is 31.5 Å². The largest absolute Gasteiger partial charge is 0.372 e. The van der Waals surface area contributed by atoms with Crippen LogP contribution in [-0.2, 0) is 24.2 Å². The normalized spacial score (nSPS) is 14.3. The molecule has 2 aromatic rings. The van der Waals surface area contributed by atoms with E-state index in [1.807, 2.05) is 0 Å². The summed E-state index contributed by atoms with van der Waals surface area (Å²) in [6, 6.07) is 17.2. The summed E-state index contributed by atoms with van der Waals surface area (Å²) in [7, 11) is 0. The maximum atomic E-state index is 12.1. The molecule has 1 heterocycles. The lowest BCUT2D eigenvalue weighted by molar-refractivity contribution is -0.121. The molecule has 1 aliphatic heterocycles. The van der Waals surface area contributed by atoms with Crippen LogP contribution >= 0.6 is 0 Å². The average molecular weight is 351 g/mol. The van der Waals surface area contributed by atoms with Gasteiger partial charge in [-0.05, 0) is 60.9 Å². The van der Waals surface area contributed by atoms with Gasteiger partial charge in [-0.25, -0.2) is 0 Å². The van der Waals surface area contributed by atoms with Gasteiger partial charge >= 0.3 is 0 Å². The molecule has 0 unspecified atom stereocenters. The van der Waals surface area contributed by atoms with Crippen LogP contribution in [0.5, 0.6) is 0 Å². The van der Waals surface area contributed by atoms with E-state index in [2.05, 4.69) is 65.7 Å². The molecule has 0 atom stereocenters. The van der Waals surface area contributed by atoms with Crippen molar-refractivity contribution in [3.8, 4) is 0 Å². The summed E-state index contributed by atoms with van der Waals surface area (Å²) >= 11 is 0. The second-order valence-corrected chi connectivity index (χ2v) is 7.16. The second-order valence-electron chi connectivity index (χ2n) is 7.16. The Morgan fingerprint density at radius 1 is 0.885 bits per heavy atom. The molecule has 1 N–H and O–H groups in total. The van der Waals surface area contributed by atoms with Crippen LogP contribution in [-0.4, -0.2) is 19.0 Å². The van der Waals surface area contributed by atoms with E-state index in [1.54, 1.807) is 0 Å². The summed E-state index contributed by atoms with van der Waals surface area (Å²) in [5.74, 6) is 0.115. The fraction of sp³-hybridized carbons (Fsp3) is 0.435. The molecule has 0 bridgehead atoms. The van der Waals surface area contributed by atoms with Gasteiger partial charge in [0.15, 0.2) is 0 Å². The van der Waals surface area contributed by atoms with E-state index in [9.17, 15) is 4.79 Å². The number of hydrogen-bond donors (Lipinski definition) is 1. The minimum Gasteiger partial charge on any atom is -0.372 e. The lowest BCUT2D eigenvalue weighted by Crippen LogP contribution is -2.29. The number of piperidine rings is 1. The van der Waals surface area contributed by atoms with Crippen molar-refractivity contribution in [1.29, 1.82) is 0 Å². The van der Waals surface area contributed by atoms with Crippen LogP contribution in [0.25, 0.3) is 0 Å². The van der Waals surface area contributed by atoms with E-state index in [0.29, 0.717) is 13.0 Å². The number of carbonyl (C=O) groups excluding carboxylic acids is 1. The first-order valence-electron chi connectivity index (χ1n) is 9.93. The molecular formula is C23H30N2O. The van der Waals surface area contributed by atoms with Crippen molar-refractivity contribution in [3.63, 3.8) is 0 Å². The minimum atomic E-state index is 0.115. The van der Waals surface area contributed by atoms with Crippen LogP contribution in [0, 0.1) is 0 Å². The van der Waals surface area contributed by atoms with Crippen molar-refractivity contribution in [2.75, 3.05) is 18.0 Å². The number of aryl methyl sites for hydroxylation is 2. The molecule has 0 saturated carbocycles. The van der Waals surface area contributed by atoms with Crippen molar-refractivity contribution >= 4 is 11.6 Å². The molecule has 0 aliphatic carbocycles. The van der Waals surface area contributed by atoms with Gasteiger partial charge in [-0.3, -0.25) is 4.79 Å². The van der Waals surface area contributed by atoms with Gasteiger partial charge in [0.25, 0.3) is 0 Å². The van der Waals surface area contributed by atoms with Crippen LogP contribution in [0.1, 0.15) is 49.3 Å². The molecule has 138 valence electrons. The maximum Gasteiger partial charge on any atom is 0.220 e. The van der Waals surface area contributed by atoms with E-state index >= 15 is 0 Å². The molecule has 0 aromatic heterocycles. The zero-order valence-electron chi connectivity index (χ0n) is 15.8. The Kier molecular flexibility index (Phi) is 6.70. The van der Waals surface area contributed by atoms with Crippen molar-refractivity contribution in [1.82, 2.24) is 5.32 Å². The molecule has 1 amide bonds. The van der Waals surface area contributed by atoms with E-state index in [-0.39, 0.29) is 5.91 Å². The molecule has 0 spiro atoms. The molecule has 26 heavy (non-hydrogen) atoms. The Labute approximate surface area is 157 Å². The predicted molar refractivity (Wildman–Crippen MR) is 108 cm³/mol. The van der Waals surface area contributed by atoms with Crippen molar-refractivity contribution in [2.24, 2.45) is 0 Å². The average Bonchev–Trinajstić information content (AvgIpc) is 2.72. The van der Waals surface area contributed by atoms with Gasteiger partial charge in [0.1, 0.15) is 0 Å². The summed E-state index contributed by atoms with van der Waals surface area (Å²) in [5, 5.41) is 3.04. The molecule has 1 saturated heterocycles. The number of benzene rings is 2. The molecule has 3 nitrogen and oxygen atoms in total. The van der Waals surface area contributed by atoms with Gasteiger partial charge < -0.3 is 10.2 Å². The van der Waals surface area contributed by atoms with Gasteiger partial charge in [0.2, 0.25) is 5.91 Å². The highest BCUT2D eigenvalue weighted by Gasteiger charge is 2.10. The van der Waals surface area contributed by atoms with E-state index < -0.39 is 0 Å². The smallest absolute Gasteiger partial charge is 0.220 e. The highest BCUT2D eigenvalue weighted by atomic mass is 16.1. The molecule has 3 heteroatoms. The van der Waals surface area contributed by atoms with Crippen LogP contribution in [0.15, 0.2) is 48.5 Å². The Morgan fingerprint density at radius 3 is 2.15 bits per heavy atom. The molecule has 0 radical (unpaired) electrons. The standard InChI is InChI=1S/C23H30N2O/c1-2-19-6-8-20(9-7-19)12-15-23(26)24-18-21-10-13-22(14-11-21)25-16-4-3-5-17-25/h6-11,13-14H,2-5,12,15-18H2,1H3,(H,24,26). The van der Waals surface area contributed by atoms with Gasteiger partial charge in [-0.2, -0.15) is 0 Å². The predicted octanol–water partition coefficient (Wildman–Crippen LogP) is 4.49. The number of amides is 1. The number of nitrogens with one attached hydrogen (secondary N) is 1. The van der Waals surface area contributed by atoms with Crippen LogP contribution < -0.4 is 10.2 Å². The Hall–Kier alpha value is -2.29. The van der Waals surface area contributed by atoms with Crippen LogP contribution in [0.3, 0.4) is 0 Å². The zero-order valence-corrected chi connectivity index (χ0v) is 15.8. The first kappa shape index (κ1) is 18.5. The quantitative estimate of drug-likeness (QED) is 0.798. The van der Waals surface area contributed by atoms with Gasteiger partial charge in [0.05, 0.1) is 0 Å². The number of hydrogen-bond acceptors (Lipinski definition) is 2. The summed E-state index contributed by atoms with van der Waals surface area (Å²) < 4.78 is 0. The van der Waals surface area contributed by atoms with Crippen molar-refractivity contribution in [2.45, 2.75) is 52.0 Å². The summed E-state index contributed by atoms with van der Waals surface area (Å²) in [4.78, 5) is 14.6. The van der Waals surface area contributed by atoms with Crippen molar-refractivity contribution in [3.05, 3.63) is 65.2 Å². The number of nitrogens with zero attached hydrogens (tertiary/aromatic N) is 1.